The van der Waals surface area contributed by atoms with Gasteiger partial charge in [0.15, 0.2) is 0 Å². The Morgan fingerprint density at radius 3 is 3.07 bits per heavy atom. The number of likely N-dealkylation sites (tertiary alicyclic amines) is 1. The Morgan fingerprint density at radius 2 is 2.47 bits per heavy atom. The van der Waals surface area contributed by atoms with Crippen molar-refractivity contribution in [1.29, 1.82) is 0 Å². The number of piperidine rings is 1. The Labute approximate surface area is 95.3 Å². The molecule has 2 heterocycles. The summed E-state index contributed by atoms with van der Waals surface area (Å²) in [5, 5.41) is 3.35. The minimum absolute atomic E-state index is 0.397. The molecule has 0 spiro atoms. The fourth-order valence-corrected chi connectivity index (χ4v) is 2.94. The van der Waals surface area contributed by atoms with Crippen molar-refractivity contribution < 1.29 is 0 Å². The predicted octanol–water partition coefficient (Wildman–Crippen LogP) is 1.76. The molecule has 0 aliphatic carbocycles. The van der Waals surface area contributed by atoms with Gasteiger partial charge >= 0.3 is 0 Å². The molecule has 0 aromatic carbocycles. The molecule has 2 atom stereocenters. The summed E-state index contributed by atoms with van der Waals surface area (Å²) in [7, 11) is 0. The van der Waals surface area contributed by atoms with Gasteiger partial charge in [-0.05, 0) is 26.7 Å². The molecule has 0 saturated carbocycles. The van der Waals surface area contributed by atoms with Crippen LogP contribution in [-0.4, -0.2) is 28.5 Å². The summed E-state index contributed by atoms with van der Waals surface area (Å²) in [5.41, 5.74) is 7.08. The molecule has 2 N–H and O–H groups in total. The van der Waals surface area contributed by atoms with Gasteiger partial charge < -0.3 is 5.73 Å². The summed E-state index contributed by atoms with van der Waals surface area (Å²) < 4.78 is 0. The second kappa shape index (κ2) is 4.60. The van der Waals surface area contributed by atoms with Crippen LogP contribution in [0.1, 0.15) is 30.5 Å². The Kier molecular flexibility index (Phi) is 3.38. The van der Waals surface area contributed by atoms with Gasteiger partial charge in [0.1, 0.15) is 5.01 Å². The van der Waals surface area contributed by atoms with Gasteiger partial charge in [-0.2, -0.15) is 0 Å². The van der Waals surface area contributed by atoms with E-state index >= 15 is 0 Å². The third-order valence-electron chi connectivity index (χ3n) is 3.06. The second-order valence-electron chi connectivity index (χ2n) is 4.49. The Balaban J connectivity index is 1.94. The van der Waals surface area contributed by atoms with E-state index < -0.39 is 0 Å². The smallest absolute Gasteiger partial charge is 0.107 e. The highest BCUT2D eigenvalue weighted by Gasteiger charge is 2.23. The first kappa shape index (κ1) is 11.0. The van der Waals surface area contributed by atoms with Gasteiger partial charge in [0.25, 0.3) is 0 Å². The fourth-order valence-electron chi connectivity index (χ4n) is 2.14. The quantitative estimate of drug-likeness (QED) is 0.834. The number of nitrogens with zero attached hydrogens (tertiary/aromatic N) is 2. The number of thiazole rings is 1. The summed E-state index contributed by atoms with van der Waals surface area (Å²) in [5.74, 6) is 0. The van der Waals surface area contributed by atoms with E-state index in [2.05, 4.69) is 29.1 Å². The van der Waals surface area contributed by atoms with Crippen LogP contribution in [0, 0.1) is 6.92 Å². The van der Waals surface area contributed by atoms with Gasteiger partial charge in [-0.1, -0.05) is 0 Å². The van der Waals surface area contributed by atoms with Crippen molar-refractivity contribution in [2.75, 3.05) is 6.54 Å². The average Bonchev–Trinajstić information content (AvgIpc) is 2.56. The summed E-state index contributed by atoms with van der Waals surface area (Å²) in [6, 6.07) is 0.993. The highest BCUT2D eigenvalue weighted by atomic mass is 32.1. The first-order valence-electron chi connectivity index (χ1n) is 5.56. The molecular weight excluding hydrogens is 206 g/mol. The maximum atomic E-state index is 5.95. The van der Waals surface area contributed by atoms with Crippen LogP contribution < -0.4 is 5.73 Å². The molecule has 1 aromatic rings. The highest BCUT2D eigenvalue weighted by molar-refractivity contribution is 7.09. The van der Waals surface area contributed by atoms with Crippen LogP contribution in [-0.2, 0) is 6.54 Å². The van der Waals surface area contributed by atoms with Gasteiger partial charge in [0.05, 0.1) is 6.54 Å². The maximum absolute atomic E-state index is 5.95. The Hall–Kier alpha value is -0.450. The van der Waals surface area contributed by atoms with Crippen molar-refractivity contribution in [2.24, 2.45) is 5.73 Å². The van der Waals surface area contributed by atoms with Gasteiger partial charge in [-0.3, -0.25) is 4.90 Å². The zero-order valence-corrected chi connectivity index (χ0v) is 10.3. The molecular formula is C11H19N3S. The van der Waals surface area contributed by atoms with Crippen LogP contribution in [0.2, 0.25) is 0 Å². The second-order valence-corrected chi connectivity index (χ2v) is 5.43. The van der Waals surface area contributed by atoms with Crippen molar-refractivity contribution in [1.82, 2.24) is 9.88 Å². The van der Waals surface area contributed by atoms with Gasteiger partial charge in [-0.15, -0.1) is 11.3 Å². The number of aryl methyl sites for hydroxylation is 1. The van der Waals surface area contributed by atoms with Crippen LogP contribution in [0.25, 0.3) is 0 Å². The lowest BCUT2D eigenvalue weighted by atomic mass is 9.99. The molecule has 1 saturated heterocycles. The first-order valence-corrected chi connectivity index (χ1v) is 6.44. The topological polar surface area (TPSA) is 42.1 Å². The molecule has 4 heteroatoms. The van der Waals surface area contributed by atoms with E-state index in [1.165, 1.54) is 5.01 Å². The van der Waals surface area contributed by atoms with E-state index in [0.717, 1.165) is 31.6 Å². The lowest BCUT2D eigenvalue weighted by Gasteiger charge is -2.35. The lowest BCUT2D eigenvalue weighted by Crippen LogP contribution is -2.44. The number of nitrogens with two attached hydrogens (primary N) is 1. The van der Waals surface area contributed by atoms with Crippen molar-refractivity contribution in [3.63, 3.8) is 0 Å². The van der Waals surface area contributed by atoms with Crippen LogP contribution in [0.15, 0.2) is 5.38 Å². The van der Waals surface area contributed by atoms with Crippen molar-refractivity contribution in [2.45, 2.75) is 45.3 Å². The molecule has 2 unspecified atom stereocenters. The molecule has 0 radical (unpaired) electrons. The maximum Gasteiger partial charge on any atom is 0.107 e. The van der Waals surface area contributed by atoms with Crippen molar-refractivity contribution >= 4 is 11.3 Å². The minimum Gasteiger partial charge on any atom is -0.328 e. The predicted molar refractivity (Wildman–Crippen MR) is 63.9 cm³/mol. The SMILES string of the molecule is Cc1csc(CN2CCC(N)CC2C)n1. The highest BCUT2D eigenvalue weighted by Crippen LogP contribution is 2.20. The molecule has 1 fully saturated rings. The van der Waals surface area contributed by atoms with E-state index in [-0.39, 0.29) is 0 Å². The van der Waals surface area contributed by atoms with E-state index in [4.69, 9.17) is 5.73 Å². The molecule has 0 bridgehead atoms. The molecule has 1 aromatic heterocycles. The summed E-state index contributed by atoms with van der Waals surface area (Å²) in [6.45, 7) is 6.42. The van der Waals surface area contributed by atoms with Gasteiger partial charge in [0.2, 0.25) is 0 Å². The normalized spacial score (nSPS) is 28.2. The summed E-state index contributed by atoms with van der Waals surface area (Å²) >= 11 is 1.76. The molecule has 15 heavy (non-hydrogen) atoms. The molecule has 3 nitrogen and oxygen atoms in total. The third kappa shape index (κ3) is 2.77. The van der Waals surface area contributed by atoms with Crippen LogP contribution >= 0.6 is 11.3 Å². The first-order chi connectivity index (χ1) is 7.15. The van der Waals surface area contributed by atoms with Gasteiger partial charge in [0, 0.05) is 29.7 Å². The van der Waals surface area contributed by atoms with Crippen LogP contribution in [0.4, 0.5) is 0 Å². The number of aromatic nitrogens is 1. The molecule has 2 rings (SSSR count). The summed E-state index contributed by atoms with van der Waals surface area (Å²) in [6.07, 6.45) is 2.24. The Bertz CT molecular complexity index is 323. The van der Waals surface area contributed by atoms with E-state index in [9.17, 15) is 0 Å². The fraction of sp³-hybridized carbons (Fsp3) is 0.727. The largest absolute Gasteiger partial charge is 0.328 e. The lowest BCUT2D eigenvalue weighted by molar-refractivity contribution is 0.140. The number of rotatable bonds is 2. The standard InChI is InChI=1S/C11H19N3S/c1-8-7-15-11(13-8)6-14-4-3-10(12)5-9(14)2/h7,9-10H,3-6,12H2,1-2H3. The molecule has 84 valence electrons. The number of hydrogen-bond acceptors (Lipinski definition) is 4. The summed E-state index contributed by atoms with van der Waals surface area (Å²) in [4.78, 5) is 6.99. The number of hydrogen-bond donors (Lipinski definition) is 1. The zero-order chi connectivity index (χ0) is 10.8. The minimum atomic E-state index is 0.397. The van der Waals surface area contributed by atoms with E-state index in [0.29, 0.717) is 12.1 Å². The van der Waals surface area contributed by atoms with Crippen molar-refractivity contribution in [3.05, 3.63) is 16.1 Å². The van der Waals surface area contributed by atoms with Crippen LogP contribution in [0.3, 0.4) is 0 Å². The van der Waals surface area contributed by atoms with E-state index in [1.54, 1.807) is 11.3 Å². The zero-order valence-electron chi connectivity index (χ0n) is 9.44. The van der Waals surface area contributed by atoms with Crippen LogP contribution in [0.5, 0.6) is 0 Å². The Morgan fingerprint density at radius 1 is 1.67 bits per heavy atom. The monoisotopic (exact) mass is 225 g/mol. The third-order valence-corrected chi connectivity index (χ3v) is 4.01. The van der Waals surface area contributed by atoms with Crippen molar-refractivity contribution in [3.8, 4) is 0 Å². The molecule has 0 amide bonds. The molecule has 1 aliphatic rings. The molecule has 1 aliphatic heterocycles. The average molecular weight is 225 g/mol. The van der Waals surface area contributed by atoms with E-state index in [1.807, 2.05) is 0 Å². The van der Waals surface area contributed by atoms with Gasteiger partial charge in [-0.25, -0.2) is 4.98 Å².